The van der Waals surface area contributed by atoms with Gasteiger partial charge in [-0.15, -0.1) is 0 Å². The first-order valence-electron chi connectivity index (χ1n) is 7.56. The maximum absolute atomic E-state index is 12.2. The average molecular weight is 339 g/mol. The standard InChI is InChI=1S/C16H21NO5S/c1-23(21,22)13-7-5-12(6-8-13)17-14(18)11-16(15(19)20)9-3-2-4-10-16/h5-8H,2-4,9-11H2,1H3,(H,17,18)(H,19,20). The largest absolute Gasteiger partial charge is 0.481 e. The van der Waals surface area contributed by atoms with Gasteiger partial charge in [-0.1, -0.05) is 19.3 Å². The Kier molecular flexibility index (Phi) is 5.09. The molecule has 1 fully saturated rings. The number of hydrogen-bond donors (Lipinski definition) is 2. The van der Waals surface area contributed by atoms with E-state index in [0.717, 1.165) is 25.5 Å². The van der Waals surface area contributed by atoms with Gasteiger partial charge < -0.3 is 10.4 Å². The van der Waals surface area contributed by atoms with Crippen LogP contribution < -0.4 is 5.32 Å². The second-order valence-corrected chi connectivity index (χ2v) is 8.18. The van der Waals surface area contributed by atoms with Crippen LogP contribution in [0.25, 0.3) is 0 Å². The van der Waals surface area contributed by atoms with E-state index in [4.69, 9.17) is 0 Å². The summed E-state index contributed by atoms with van der Waals surface area (Å²) in [5.74, 6) is -1.28. The molecule has 6 nitrogen and oxygen atoms in total. The molecular weight excluding hydrogens is 318 g/mol. The molecule has 0 atom stereocenters. The summed E-state index contributed by atoms with van der Waals surface area (Å²) >= 11 is 0. The van der Waals surface area contributed by atoms with Gasteiger partial charge >= 0.3 is 5.97 Å². The van der Waals surface area contributed by atoms with Crippen LogP contribution in [0.15, 0.2) is 29.2 Å². The summed E-state index contributed by atoms with van der Waals surface area (Å²) in [4.78, 5) is 23.9. The van der Waals surface area contributed by atoms with Crippen LogP contribution in [0.1, 0.15) is 38.5 Å². The Labute approximate surface area is 135 Å². The monoisotopic (exact) mass is 339 g/mol. The molecule has 0 heterocycles. The molecule has 1 saturated carbocycles. The van der Waals surface area contributed by atoms with E-state index in [9.17, 15) is 23.1 Å². The number of carboxylic acid groups (broad SMARTS) is 1. The molecule has 0 spiro atoms. The quantitative estimate of drug-likeness (QED) is 0.858. The number of benzene rings is 1. The van der Waals surface area contributed by atoms with E-state index in [1.54, 1.807) is 0 Å². The van der Waals surface area contributed by atoms with Crippen LogP contribution in [0.4, 0.5) is 5.69 Å². The van der Waals surface area contributed by atoms with Crippen LogP contribution in [0.5, 0.6) is 0 Å². The van der Waals surface area contributed by atoms with Crippen LogP contribution in [0, 0.1) is 5.41 Å². The lowest BCUT2D eigenvalue weighted by atomic mass is 9.71. The van der Waals surface area contributed by atoms with Gasteiger partial charge in [0.2, 0.25) is 5.91 Å². The van der Waals surface area contributed by atoms with Crippen molar-refractivity contribution in [2.45, 2.75) is 43.4 Å². The number of carbonyl (C=O) groups is 2. The number of anilines is 1. The predicted molar refractivity (Wildman–Crippen MR) is 86.0 cm³/mol. The number of rotatable bonds is 5. The number of sulfone groups is 1. The summed E-state index contributed by atoms with van der Waals surface area (Å²) in [7, 11) is -3.28. The minimum absolute atomic E-state index is 0.0594. The fourth-order valence-electron chi connectivity index (χ4n) is 2.99. The van der Waals surface area contributed by atoms with E-state index in [1.165, 1.54) is 24.3 Å². The first kappa shape index (κ1) is 17.5. The highest BCUT2D eigenvalue weighted by Gasteiger charge is 2.41. The normalized spacial score (nSPS) is 17.4. The Balaban J connectivity index is 2.05. The molecule has 1 aromatic carbocycles. The lowest BCUT2D eigenvalue weighted by molar-refractivity contribution is -0.153. The third-order valence-corrected chi connectivity index (χ3v) is 5.46. The zero-order chi connectivity index (χ0) is 17.1. The second kappa shape index (κ2) is 6.70. The lowest BCUT2D eigenvalue weighted by Gasteiger charge is -2.32. The molecule has 0 saturated heterocycles. The molecule has 1 aromatic rings. The van der Waals surface area contributed by atoms with Crippen LogP contribution in [0.3, 0.4) is 0 Å². The van der Waals surface area contributed by atoms with E-state index >= 15 is 0 Å². The van der Waals surface area contributed by atoms with Gasteiger partial charge in [0, 0.05) is 18.4 Å². The highest BCUT2D eigenvalue weighted by molar-refractivity contribution is 7.90. The van der Waals surface area contributed by atoms with Gasteiger partial charge in [-0.25, -0.2) is 8.42 Å². The fourth-order valence-corrected chi connectivity index (χ4v) is 3.62. The van der Waals surface area contributed by atoms with Gasteiger partial charge in [0.05, 0.1) is 10.3 Å². The predicted octanol–water partition coefficient (Wildman–Crippen LogP) is 2.45. The minimum atomic E-state index is -3.28. The van der Waals surface area contributed by atoms with E-state index in [-0.39, 0.29) is 17.2 Å². The Morgan fingerprint density at radius 2 is 1.70 bits per heavy atom. The van der Waals surface area contributed by atoms with E-state index in [0.29, 0.717) is 18.5 Å². The summed E-state index contributed by atoms with van der Waals surface area (Å²) in [6, 6.07) is 5.84. The molecule has 0 aromatic heterocycles. The summed E-state index contributed by atoms with van der Waals surface area (Å²) in [6.45, 7) is 0. The Morgan fingerprint density at radius 3 is 2.17 bits per heavy atom. The zero-order valence-electron chi connectivity index (χ0n) is 13.0. The molecule has 1 aliphatic rings. The molecule has 23 heavy (non-hydrogen) atoms. The number of aliphatic carboxylic acids is 1. The van der Waals surface area contributed by atoms with Crippen molar-refractivity contribution in [3.05, 3.63) is 24.3 Å². The van der Waals surface area contributed by atoms with Crippen LogP contribution >= 0.6 is 0 Å². The number of carboxylic acids is 1. The molecule has 0 bridgehead atoms. The maximum Gasteiger partial charge on any atom is 0.310 e. The number of carbonyl (C=O) groups excluding carboxylic acids is 1. The van der Waals surface area contributed by atoms with E-state index in [1.807, 2.05) is 0 Å². The van der Waals surface area contributed by atoms with E-state index in [2.05, 4.69) is 5.32 Å². The highest BCUT2D eigenvalue weighted by atomic mass is 32.2. The smallest absolute Gasteiger partial charge is 0.310 e. The molecule has 7 heteroatoms. The Bertz CT molecular complexity index is 688. The van der Waals surface area contributed by atoms with Crippen molar-refractivity contribution in [1.82, 2.24) is 0 Å². The minimum Gasteiger partial charge on any atom is -0.481 e. The van der Waals surface area contributed by atoms with Gasteiger partial charge in [0.15, 0.2) is 9.84 Å². The summed E-state index contributed by atoms with van der Waals surface area (Å²) in [5, 5.41) is 12.1. The molecule has 1 aliphatic carbocycles. The lowest BCUT2D eigenvalue weighted by Crippen LogP contribution is -2.37. The Hall–Kier alpha value is -1.89. The van der Waals surface area contributed by atoms with Crippen molar-refractivity contribution in [3.63, 3.8) is 0 Å². The third kappa shape index (κ3) is 4.31. The number of hydrogen-bond acceptors (Lipinski definition) is 4. The molecule has 2 rings (SSSR count). The first-order chi connectivity index (χ1) is 10.7. The van der Waals surface area contributed by atoms with Crippen molar-refractivity contribution in [1.29, 1.82) is 0 Å². The van der Waals surface area contributed by atoms with E-state index < -0.39 is 21.2 Å². The summed E-state index contributed by atoms with van der Waals surface area (Å²) < 4.78 is 22.8. The third-order valence-electron chi connectivity index (χ3n) is 4.33. The molecule has 0 radical (unpaired) electrons. The molecule has 0 aliphatic heterocycles. The maximum atomic E-state index is 12.2. The topological polar surface area (TPSA) is 101 Å². The van der Waals surface area contributed by atoms with Crippen LogP contribution in [0.2, 0.25) is 0 Å². The van der Waals surface area contributed by atoms with Crippen molar-refractivity contribution >= 4 is 27.4 Å². The second-order valence-electron chi connectivity index (χ2n) is 6.17. The fraction of sp³-hybridized carbons (Fsp3) is 0.500. The highest BCUT2D eigenvalue weighted by Crippen LogP contribution is 2.39. The average Bonchev–Trinajstić information content (AvgIpc) is 2.47. The Morgan fingerprint density at radius 1 is 1.13 bits per heavy atom. The molecule has 126 valence electrons. The summed E-state index contributed by atoms with van der Waals surface area (Å²) in [5.41, 5.74) is -0.520. The molecule has 2 N–H and O–H groups in total. The number of amides is 1. The molecule has 0 unspecified atom stereocenters. The van der Waals surface area contributed by atoms with Crippen molar-refractivity contribution < 1.29 is 23.1 Å². The van der Waals surface area contributed by atoms with Gasteiger partial charge in [0.25, 0.3) is 0 Å². The van der Waals surface area contributed by atoms with Crippen molar-refractivity contribution in [3.8, 4) is 0 Å². The number of nitrogens with one attached hydrogen (secondary N) is 1. The van der Waals surface area contributed by atoms with Crippen LogP contribution in [-0.2, 0) is 19.4 Å². The molecular formula is C16H21NO5S. The van der Waals surface area contributed by atoms with Crippen molar-refractivity contribution in [2.24, 2.45) is 5.41 Å². The first-order valence-corrected chi connectivity index (χ1v) is 9.45. The van der Waals surface area contributed by atoms with Crippen LogP contribution in [-0.4, -0.2) is 31.7 Å². The van der Waals surface area contributed by atoms with Gasteiger partial charge in [-0.2, -0.15) is 0 Å². The van der Waals surface area contributed by atoms with Crippen molar-refractivity contribution in [2.75, 3.05) is 11.6 Å². The van der Waals surface area contributed by atoms with Gasteiger partial charge in [-0.3, -0.25) is 9.59 Å². The summed E-state index contributed by atoms with van der Waals surface area (Å²) in [6.07, 6.45) is 4.73. The van der Waals surface area contributed by atoms with Gasteiger partial charge in [-0.05, 0) is 37.1 Å². The van der Waals surface area contributed by atoms with Gasteiger partial charge in [0.1, 0.15) is 0 Å². The molecule has 1 amide bonds. The zero-order valence-corrected chi connectivity index (χ0v) is 13.9. The SMILES string of the molecule is CS(=O)(=O)c1ccc(NC(=O)CC2(C(=O)O)CCCCC2)cc1.